The van der Waals surface area contributed by atoms with Crippen molar-refractivity contribution in [2.24, 2.45) is 0 Å². The topological polar surface area (TPSA) is 69.1 Å². The van der Waals surface area contributed by atoms with E-state index in [0.29, 0.717) is 5.69 Å². The second-order valence-electron chi connectivity index (χ2n) is 4.18. The molecule has 0 amide bonds. The number of aromatic nitrogens is 1. The fourth-order valence-electron chi connectivity index (χ4n) is 1.90. The summed E-state index contributed by atoms with van der Waals surface area (Å²) in [4.78, 5) is 15.8. The molecule has 0 bridgehead atoms. The number of nitrogens with two attached hydrogens (primary N) is 1. The third-order valence-electron chi connectivity index (χ3n) is 2.83. The Hall–Kier alpha value is -2.76. The van der Waals surface area contributed by atoms with Crippen molar-refractivity contribution in [3.05, 3.63) is 58.5 Å². The number of rotatable bonds is 1. The number of hydrogen-bond acceptors (Lipinski definition) is 4. The van der Waals surface area contributed by atoms with Crippen LogP contribution in [0.2, 0.25) is 0 Å². The molecular weight excluding hydrogens is 266 g/mol. The number of halogens is 2. The summed E-state index contributed by atoms with van der Waals surface area (Å²) in [5.74, 6) is -2.13. The minimum absolute atomic E-state index is 0.194. The van der Waals surface area contributed by atoms with E-state index in [2.05, 4.69) is 4.98 Å². The maximum atomic E-state index is 13.7. The van der Waals surface area contributed by atoms with Gasteiger partial charge in [-0.2, -0.15) is 0 Å². The van der Waals surface area contributed by atoms with Gasteiger partial charge in [-0.3, -0.25) is 0 Å². The molecule has 0 aliphatic heterocycles. The SMILES string of the molecule is Nc1ccc2c(=O)oc(-c3c(F)cccc3F)nc2c1. The van der Waals surface area contributed by atoms with Gasteiger partial charge in [0.2, 0.25) is 5.89 Å². The predicted molar refractivity (Wildman–Crippen MR) is 70.0 cm³/mol. The number of fused-ring (bicyclic) bond motifs is 1. The molecule has 1 heterocycles. The molecule has 100 valence electrons. The Morgan fingerprint density at radius 2 is 1.80 bits per heavy atom. The zero-order valence-electron chi connectivity index (χ0n) is 10.1. The van der Waals surface area contributed by atoms with Crippen LogP contribution in [0.25, 0.3) is 22.4 Å². The molecule has 3 rings (SSSR count). The van der Waals surface area contributed by atoms with Crippen LogP contribution >= 0.6 is 0 Å². The molecule has 0 aliphatic carbocycles. The normalized spacial score (nSPS) is 10.9. The van der Waals surface area contributed by atoms with E-state index in [4.69, 9.17) is 10.2 Å². The molecule has 2 aromatic carbocycles. The molecule has 0 radical (unpaired) electrons. The Bertz CT molecular complexity index is 854. The van der Waals surface area contributed by atoms with Gasteiger partial charge in [0.05, 0.1) is 10.9 Å². The lowest BCUT2D eigenvalue weighted by atomic mass is 10.2. The second-order valence-corrected chi connectivity index (χ2v) is 4.18. The molecule has 3 aromatic rings. The van der Waals surface area contributed by atoms with E-state index in [9.17, 15) is 13.6 Å². The van der Waals surface area contributed by atoms with Crippen molar-refractivity contribution >= 4 is 16.6 Å². The minimum atomic E-state index is -0.857. The van der Waals surface area contributed by atoms with Crippen molar-refractivity contribution in [1.82, 2.24) is 4.98 Å². The molecule has 0 atom stereocenters. The molecule has 2 N–H and O–H groups in total. The van der Waals surface area contributed by atoms with Crippen LogP contribution in [0.1, 0.15) is 0 Å². The van der Waals surface area contributed by atoms with Gasteiger partial charge in [-0.1, -0.05) is 6.07 Å². The van der Waals surface area contributed by atoms with Crippen LogP contribution in [0.4, 0.5) is 14.5 Å². The molecule has 20 heavy (non-hydrogen) atoms. The first-order chi connectivity index (χ1) is 9.56. The first-order valence-corrected chi connectivity index (χ1v) is 5.71. The Morgan fingerprint density at radius 3 is 2.50 bits per heavy atom. The lowest BCUT2D eigenvalue weighted by molar-refractivity contribution is 0.501. The van der Waals surface area contributed by atoms with Crippen molar-refractivity contribution < 1.29 is 13.2 Å². The van der Waals surface area contributed by atoms with Gasteiger partial charge in [-0.15, -0.1) is 0 Å². The molecule has 0 unspecified atom stereocenters. The highest BCUT2D eigenvalue weighted by Gasteiger charge is 2.17. The van der Waals surface area contributed by atoms with E-state index < -0.39 is 28.7 Å². The number of hydrogen-bond donors (Lipinski definition) is 1. The highest BCUT2D eigenvalue weighted by Crippen LogP contribution is 2.25. The molecule has 1 aromatic heterocycles. The molecule has 0 aliphatic rings. The number of benzene rings is 2. The van der Waals surface area contributed by atoms with E-state index in [0.717, 1.165) is 12.1 Å². The lowest BCUT2D eigenvalue weighted by Gasteiger charge is -2.04. The second kappa shape index (κ2) is 4.41. The lowest BCUT2D eigenvalue weighted by Crippen LogP contribution is -2.05. The van der Waals surface area contributed by atoms with Gasteiger partial charge in [-0.25, -0.2) is 18.6 Å². The molecule has 0 fully saturated rings. The molecule has 0 spiro atoms. The van der Waals surface area contributed by atoms with Crippen LogP contribution < -0.4 is 11.4 Å². The first kappa shape index (κ1) is 12.3. The maximum Gasteiger partial charge on any atom is 0.347 e. The van der Waals surface area contributed by atoms with Crippen LogP contribution in [0.5, 0.6) is 0 Å². The zero-order chi connectivity index (χ0) is 14.3. The first-order valence-electron chi connectivity index (χ1n) is 5.71. The molecule has 0 saturated carbocycles. The summed E-state index contributed by atoms with van der Waals surface area (Å²) in [5.41, 5.74) is 5.00. The predicted octanol–water partition coefficient (Wildman–Crippen LogP) is 2.72. The largest absolute Gasteiger partial charge is 0.403 e. The minimum Gasteiger partial charge on any atom is -0.403 e. The van der Waals surface area contributed by atoms with Gasteiger partial charge in [0.15, 0.2) is 0 Å². The van der Waals surface area contributed by atoms with Crippen LogP contribution in [0.3, 0.4) is 0 Å². The van der Waals surface area contributed by atoms with Gasteiger partial charge in [0.1, 0.15) is 17.2 Å². The summed E-state index contributed by atoms with van der Waals surface area (Å²) >= 11 is 0. The van der Waals surface area contributed by atoms with E-state index >= 15 is 0 Å². The van der Waals surface area contributed by atoms with Gasteiger partial charge >= 0.3 is 5.63 Å². The zero-order valence-corrected chi connectivity index (χ0v) is 10.1. The van der Waals surface area contributed by atoms with Crippen molar-refractivity contribution in [3.8, 4) is 11.5 Å². The van der Waals surface area contributed by atoms with Crippen molar-refractivity contribution in [1.29, 1.82) is 0 Å². The third-order valence-corrected chi connectivity index (χ3v) is 2.83. The van der Waals surface area contributed by atoms with Crippen molar-refractivity contribution in [2.45, 2.75) is 0 Å². The van der Waals surface area contributed by atoms with E-state index in [1.807, 2.05) is 0 Å². The van der Waals surface area contributed by atoms with Crippen LogP contribution in [-0.4, -0.2) is 4.98 Å². The summed E-state index contributed by atoms with van der Waals surface area (Å²) in [6.07, 6.45) is 0. The van der Waals surface area contributed by atoms with Crippen LogP contribution in [0.15, 0.2) is 45.6 Å². The monoisotopic (exact) mass is 274 g/mol. The van der Waals surface area contributed by atoms with Crippen molar-refractivity contribution in [2.75, 3.05) is 5.73 Å². The fraction of sp³-hybridized carbons (Fsp3) is 0. The molecule has 6 heteroatoms. The number of nitrogen functional groups attached to an aromatic ring is 1. The average molecular weight is 274 g/mol. The van der Waals surface area contributed by atoms with E-state index in [1.165, 1.54) is 24.3 Å². The molecular formula is C14H8F2N2O2. The summed E-state index contributed by atoms with van der Waals surface area (Å²) in [6.45, 7) is 0. The number of nitrogens with zero attached hydrogens (tertiary/aromatic N) is 1. The Labute approximate surface area is 111 Å². The quantitative estimate of drug-likeness (QED) is 0.693. The summed E-state index contributed by atoms with van der Waals surface area (Å²) in [7, 11) is 0. The van der Waals surface area contributed by atoms with Crippen LogP contribution in [0, 0.1) is 11.6 Å². The standard InChI is InChI=1S/C14H8F2N2O2/c15-9-2-1-3-10(16)12(9)13-18-11-6-7(17)4-5-8(11)14(19)20-13/h1-6H,17H2. The van der Waals surface area contributed by atoms with E-state index in [-0.39, 0.29) is 10.9 Å². The summed E-state index contributed by atoms with van der Waals surface area (Å²) < 4.78 is 32.3. The number of anilines is 1. The summed E-state index contributed by atoms with van der Waals surface area (Å²) in [5, 5.41) is 0.194. The third kappa shape index (κ3) is 1.91. The van der Waals surface area contributed by atoms with Gasteiger partial charge in [-0.05, 0) is 30.3 Å². The van der Waals surface area contributed by atoms with Gasteiger partial charge in [0, 0.05) is 5.69 Å². The Balaban J connectivity index is 2.35. The Kier molecular flexibility index (Phi) is 2.71. The average Bonchev–Trinajstić information content (AvgIpc) is 2.38. The van der Waals surface area contributed by atoms with Gasteiger partial charge < -0.3 is 10.2 Å². The maximum absolute atomic E-state index is 13.7. The van der Waals surface area contributed by atoms with E-state index in [1.54, 1.807) is 0 Å². The Morgan fingerprint density at radius 1 is 1.10 bits per heavy atom. The van der Waals surface area contributed by atoms with Crippen molar-refractivity contribution in [3.63, 3.8) is 0 Å². The molecule has 4 nitrogen and oxygen atoms in total. The fourth-order valence-corrected chi connectivity index (χ4v) is 1.90. The highest BCUT2D eigenvalue weighted by molar-refractivity contribution is 5.81. The smallest absolute Gasteiger partial charge is 0.347 e. The van der Waals surface area contributed by atoms with Crippen LogP contribution in [-0.2, 0) is 0 Å². The highest BCUT2D eigenvalue weighted by atomic mass is 19.1. The molecule has 0 saturated heterocycles. The summed E-state index contributed by atoms with van der Waals surface area (Å²) in [6, 6.07) is 7.74. The van der Waals surface area contributed by atoms with Gasteiger partial charge in [0.25, 0.3) is 0 Å².